The van der Waals surface area contributed by atoms with Crippen molar-refractivity contribution in [3.05, 3.63) is 60.8 Å². The van der Waals surface area contributed by atoms with Crippen LogP contribution in [0.3, 0.4) is 0 Å². The Bertz CT molecular complexity index is 453. The lowest BCUT2D eigenvalue weighted by Crippen LogP contribution is -1.84. The van der Waals surface area contributed by atoms with E-state index in [-0.39, 0.29) is 0 Å². The van der Waals surface area contributed by atoms with E-state index in [0.29, 0.717) is 0 Å². The number of aliphatic carboxylic acids is 1. The van der Waals surface area contributed by atoms with E-state index in [1.807, 2.05) is 24.3 Å². The number of allylic oxidation sites excluding steroid dienone is 9. The van der Waals surface area contributed by atoms with Crippen LogP contribution in [-0.4, -0.2) is 11.1 Å². The van der Waals surface area contributed by atoms with Crippen LogP contribution >= 0.6 is 0 Å². The van der Waals surface area contributed by atoms with Crippen LogP contribution < -0.4 is 0 Å². The highest BCUT2D eigenvalue weighted by Crippen LogP contribution is 2.11. The molecule has 146 valence electrons. The predicted octanol–water partition coefficient (Wildman–Crippen LogP) is 7.55. The normalized spacial score (nSPS) is 12.7. The summed E-state index contributed by atoms with van der Waals surface area (Å²) in [5.41, 5.74) is 0. The summed E-state index contributed by atoms with van der Waals surface area (Å²) in [5, 5.41) is 8.41. The van der Waals surface area contributed by atoms with Crippen molar-refractivity contribution in [1.29, 1.82) is 0 Å². The zero-order chi connectivity index (χ0) is 19.1. The van der Waals surface area contributed by atoms with E-state index in [0.717, 1.165) is 12.5 Å². The Balaban J connectivity index is 3.38. The van der Waals surface area contributed by atoms with Crippen molar-refractivity contribution in [3.63, 3.8) is 0 Å². The Morgan fingerprint density at radius 1 is 0.615 bits per heavy atom. The molecule has 0 aromatic carbocycles. The minimum absolute atomic E-state index is 0.929. The van der Waals surface area contributed by atoms with Gasteiger partial charge in [-0.1, -0.05) is 126 Å². The van der Waals surface area contributed by atoms with Gasteiger partial charge in [-0.2, -0.15) is 0 Å². The highest BCUT2D eigenvalue weighted by atomic mass is 16.4. The average Bonchev–Trinajstić information content (AvgIpc) is 2.62. The molecule has 0 aliphatic carbocycles. The van der Waals surface area contributed by atoms with Crippen molar-refractivity contribution in [2.75, 3.05) is 0 Å². The lowest BCUT2D eigenvalue weighted by atomic mass is 10.1. The Hall–Kier alpha value is -1.83. The quantitative estimate of drug-likeness (QED) is 0.165. The van der Waals surface area contributed by atoms with Gasteiger partial charge in [0.1, 0.15) is 0 Å². The van der Waals surface area contributed by atoms with Gasteiger partial charge in [-0.3, -0.25) is 0 Å². The molecule has 0 fully saturated rings. The first-order valence-electron chi connectivity index (χ1n) is 10.3. The zero-order valence-corrected chi connectivity index (χ0v) is 16.6. The lowest BCUT2D eigenvalue weighted by molar-refractivity contribution is -0.131. The summed E-state index contributed by atoms with van der Waals surface area (Å²) in [6, 6.07) is 0. The Kier molecular flexibility index (Phi) is 19.7. The predicted molar refractivity (Wildman–Crippen MR) is 114 cm³/mol. The lowest BCUT2D eigenvalue weighted by Gasteiger charge is -2.01. The number of hydrogen-bond donors (Lipinski definition) is 1. The van der Waals surface area contributed by atoms with Crippen molar-refractivity contribution >= 4 is 5.97 Å². The number of unbranched alkanes of at least 4 members (excludes halogenated alkanes) is 11. The Morgan fingerprint density at radius 3 is 1.54 bits per heavy atom. The minimum atomic E-state index is -0.929. The number of carbonyl (C=O) groups is 1. The second-order valence-electron chi connectivity index (χ2n) is 6.60. The standard InChI is InChI=1S/C24H38O2/c1-2-3-4-5-6-7-8-9-10-11-12-13-14-15-16-17-18-19-20-21-22-23-24(25)26/h14-23H,2-13H2,1H3,(H,25,26). The van der Waals surface area contributed by atoms with Crippen molar-refractivity contribution in [2.45, 2.75) is 84.0 Å². The van der Waals surface area contributed by atoms with Gasteiger partial charge in [-0.05, 0) is 12.8 Å². The summed E-state index contributed by atoms with van der Waals surface area (Å²) in [6.07, 6.45) is 34.7. The van der Waals surface area contributed by atoms with E-state index in [9.17, 15) is 4.79 Å². The third-order valence-electron chi connectivity index (χ3n) is 4.13. The van der Waals surface area contributed by atoms with E-state index in [2.05, 4.69) is 19.1 Å². The highest BCUT2D eigenvalue weighted by Gasteiger charge is 1.92. The van der Waals surface area contributed by atoms with Crippen LogP contribution in [0.15, 0.2) is 60.8 Å². The van der Waals surface area contributed by atoms with E-state index >= 15 is 0 Å². The number of rotatable bonds is 17. The third kappa shape index (κ3) is 22.2. The average molecular weight is 359 g/mol. The molecule has 0 aliphatic rings. The molecule has 1 N–H and O–H groups in total. The Morgan fingerprint density at radius 2 is 1.04 bits per heavy atom. The molecule has 26 heavy (non-hydrogen) atoms. The van der Waals surface area contributed by atoms with E-state index in [1.165, 1.54) is 76.7 Å². The van der Waals surface area contributed by atoms with Crippen LogP contribution in [0.5, 0.6) is 0 Å². The minimum Gasteiger partial charge on any atom is -0.478 e. The second kappa shape index (κ2) is 21.2. The summed E-state index contributed by atoms with van der Waals surface area (Å²) < 4.78 is 0. The van der Waals surface area contributed by atoms with Crippen LogP contribution in [0.2, 0.25) is 0 Å². The fraction of sp³-hybridized carbons (Fsp3) is 0.542. The van der Waals surface area contributed by atoms with Gasteiger partial charge in [-0.15, -0.1) is 0 Å². The maximum atomic E-state index is 10.2. The third-order valence-corrected chi connectivity index (χ3v) is 4.13. The molecular formula is C24H38O2. The molecule has 0 saturated carbocycles. The molecule has 0 atom stereocenters. The van der Waals surface area contributed by atoms with Crippen LogP contribution in [0.25, 0.3) is 0 Å². The Labute approximate surface area is 161 Å². The monoisotopic (exact) mass is 358 g/mol. The van der Waals surface area contributed by atoms with E-state index < -0.39 is 5.97 Å². The van der Waals surface area contributed by atoms with Gasteiger partial charge in [0.15, 0.2) is 0 Å². The summed E-state index contributed by atoms with van der Waals surface area (Å²) >= 11 is 0. The summed E-state index contributed by atoms with van der Waals surface area (Å²) in [6.45, 7) is 2.27. The molecule has 0 heterocycles. The number of hydrogen-bond acceptors (Lipinski definition) is 1. The maximum Gasteiger partial charge on any atom is 0.328 e. The molecule has 0 rings (SSSR count). The SMILES string of the molecule is CCCCCCCCCCCCCC=CC=CC=CC=CC=CC(=O)O. The molecule has 0 aromatic rings. The van der Waals surface area contributed by atoms with E-state index in [4.69, 9.17) is 5.11 Å². The molecule has 0 saturated heterocycles. The molecular weight excluding hydrogens is 320 g/mol. The van der Waals surface area contributed by atoms with Gasteiger partial charge in [0.25, 0.3) is 0 Å². The molecule has 0 radical (unpaired) electrons. The molecule has 0 bridgehead atoms. The molecule has 0 aromatic heterocycles. The first kappa shape index (κ1) is 24.2. The van der Waals surface area contributed by atoms with Crippen LogP contribution in [0.4, 0.5) is 0 Å². The zero-order valence-electron chi connectivity index (χ0n) is 16.6. The first-order valence-corrected chi connectivity index (χ1v) is 10.3. The maximum absolute atomic E-state index is 10.2. The van der Waals surface area contributed by atoms with Crippen LogP contribution in [0.1, 0.15) is 84.0 Å². The number of carboxylic acids is 1. The van der Waals surface area contributed by atoms with Gasteiger partial charge >= 0.3 is 5.97 Å². The molecule has 0 unspecified atom stereocenters. The van der Waals surface area contributed by atoms with Crippen LogP contribution in [-0.2, 0) is 4.79 Å². The number of carboxylic acid groups (broad SMARTS) is 1. The van der Waals surface area contributed by atoms with Crippen LogP contribution in [0, 0.1) is 0 Å². The van der Waals surface area contributed by atoms with Gasteiger partial charge in [-0.25, -0.2) is 4.79 Å². The van der Waals surface area contributed by atoms with Gasteiger partial charge < -0.3 is 5.11 Å². The van der Waals surface area contributed by atoms with Crippen molar-refractivity contribution in [3.8, 4) is 0 Å². The molecule has 2 heteroatoms. The van der Waals surface area contributed by atoms with Crippen molar-refractivity contribution in [2.24, 2.45) is 0 Å². The molecule has 0 spiro atoms. The van der Waals surface area contributed by atoms with Gasteiger partial charge in [0, 0.05) is 6.08 Å². The van der Waals surface area contributed by atoms with Crippen molar-refractivity contribution < 1.29 is 9.90 Å². The van der Waals surface area contributed by atoms with Gasteiger partial charge in [0.05, 0.1) is 0 Å². The molecule has 0 aliphatic heterocycles. The smallest absolute Gasteiger partial charge is 0.328 e. The second-order valence-corrected chi connectivity index (χ2v) is 6.60. The van der Waals surface area contributed by atoms with E-state index in [1.54, 1.807) is 12.2 Å². The fourth-order valence-corrected chi connectivity index (χ4v) is 2.62. The summed E-state index contributed by atoms with van der Waals surface area (Å²) in [5.74, 6) is -0.929. The first-order chi connectivity index (χ1) is 12.8. The highest BCUT2D eigenvalue weighted by molar-refractivity contribution is 5.80. The largest absolute Gasteiger partial charge is 0.478 e. The van der Waals surface area contributed by atoms with Gasteiger partial charge in [0.2, 0.25) is 0 Å². The summed E-state index contributed by atoms with van der Waals surface area (Å²) in [4.78, 5) is 10.2. The molecule has 0 amide bonds. The van der Waals surface area contributed by atoms with Crippen molar-refractivity contribution in [1.82, 2.24) is 0 Å². The summed E-state index contributed by atoms with van der Waals surface area (Å²) in [7, 11) is 0. The topological polar surface area (TPSA) is 37.3 Å². The fourth-order valence-electron chi connectivity index (χ4n) is 2.62. The molecule has 2 nitrogen and oxygen atoms in total.